The number of rotatable bonds is 19. The number of piperidine rings is 1. The lowest BCUT2D eigenvalue weighted by atomic mass is 9.99. The van der Waals surface area contributed by atoms with Crippen LogP contribution in [0.1, 0.15) is 70.4 Å². The number of unbranched alkanes of at least 4 members (excludes halogenated alkanes) is 1. The molecular weight excluding hydrogens is 676 g/mol. The summed E-state index contributed by atoms with van der Waals surface area (Å²) in [5.74, 6) is -3.20. The average molecular weight is 735 g/mol. The van der Waals surface area contributed by atoms with Crippen LogP contribution in [0, 0.1) is 5.92 Å². The van der Waals surface area contributed by atoms with Gasteiger partial charge in [-0.3, -0.25) is 28.8 Å². The summed E-state index contributed by atoms with van der Waals surface area (Å²) in [6.45, 7) is 7.02. The van der Waals surface area contributed by atoms with Crippen molar-refractivity contribution in [2.45, 2.75) is 102 Å². The monoisotopic (exact) mass is 734 g/mol. The smallest absolute Gasteiger partial charge is 0.309 e. The first-order valence-electron chi connectivity index (χ1n) is 18.7. The molecule has 2 aromatic carbocycles. The summed E-state index contributed by atoms with van der Waals surface area (Å²) >= 11 is 0. The third-order valence-corrected chi connectivity index (χ3v) is 9.14. The summed E-state index contributed by atoms with van der Waals surface area (Å²) in [6.07, 6.45) is 3.27. The molecule has 6 amide bonds. The molecule has 1 heterocycles. The molecule has 0 unspecified atom stereocenters. The van der Waals surface area contributed by atoms with Crippen molar-refractivity contribution in [3.8, 4) is 0 Å². The Morgan fingerprint density at radius 3 is 1.85 bits per heavy atom. The van der Waals surface area contributed by atoms with Crippen LogP contribution in [0.15, 0.2) is 60.7 Å². The molecular formula is C39H58N8O6. The number of amides is 6. The van der Waals surface area contributed by atoms with Crippen LogP contribution in [0.2, 0.25) is 0 Å². The fraction of sp³-hybridized carbons (Fsp3) is 0.538. The SMILES string of the molecule is CCNC(=O)C(=O)NC1CCN(C(=O)[C@@H](CCCCN)NC(=O)[C@@H](CC(C)C)NC(=O)[C@@H](Cc2ccccc2)NC(=O)[C@H](N)Cc2ccccc2)CC1. The minimum absolute atomic E-state index is 0.00699. The van der Waals surface area contributed by atoms with Gasteiger partial charge in [0, 0.05) is 32.1 Å². The predicted molar refractivity (Wildman–Crippen MR) is 203 cm³/mol. The molecule has 53 heavy (non-hydrogen) atoms. The zero-order valence-electron chi connectivity index (χ0n) is 31.3. The lowest BCUT2D eigenvalue weighted by Gasteiger charge is -2.35. The van der Waals surface area contributed by atoms with Crippen LogP contribution < -0.4 is 38.1 Å². The Morgan fingerprint density at radius 2 is 1.28 bits per heavy atom. The molecule has 14 nitrogen and oxygen atoms in total. The zero-order chi connectivity index (χ0) is 38.8. The third-order valence-electron chi connectivity index (χ3n) is 9.14. The van der Waals surface area contributed by atoms with Crippen molar-refractivity contribution in [2.24, 2.45) is 17.4 Å². The molecule has 1 aliphatic rings. The fourth-order valence-electron chi connectivity index (χ4n) is 6.25. The normalized spacial score (nSPS) is 15.4. The van der Waals surface area contributed by atoms with E-state index in [1.165, 1.54) is 0 Å². The van der Waals surface area contributed by atoms with E-state index in [0.717, 1.165) is 11.1 Å². The molecule has 0 saturated carbocycles. The van der Waals surface area contributed by atoms with Crippen molar-refractivity contribution in [3.05, 3.63) is 71.8 Å². The summed E-state index contributed by atoms with van der Waals surface area (Å²) in [4.78, 5) is 80.7. The summed E-state index contributed by atoms with van der Waals surface area (Å²) in [7, 11) is 0. The van der Waals surface area contributed by atoms with Crippen molar-refractivity contribution >= 4 is 35.4 Å². The summed E-state index contributed by atoms with van der Waals surface area (Å²) in [6, 6.07) is 14.6. The van der Waals surface area contributed by atoms with Gasteiger partial charge in [0.15, 0.2) is 0 Å². The Morgan fingerprint density at radius 1 is 0.736 bits per heavy atom. The van der Waals surface area contributed by atoms with Crippen LogP contribution in [-0.2, 0) is 41.6 Å². The van der Waals surface area contributed by atoms with E-state index >= 15 is 0 Å². The van der Waals surface area contributed by atoms with Gasteiger partial charge in [-0.05, 0) is 75.5 Å². The van der Waals surface area contributed by atoms with Crippen LogP contribution >= 0.6 is 0 Å². The highest BCUT2D eigenvalue weighted by Gasteiger charge is 2.34. The minimum Gasteiger partial charge on any atom is -0.348 e. The number of nitrogens with two attached hydrogens (primary N) is 2. The summed E-state index contributed by atoms with van der Waals surface area (Å²) in [5.41, 5.74) is 13.7. The maximum atomic E-state index is 13.9. The third kappa shape index (κ3) is 14.6. The molecule has 14 heteroatoms. The van der Waals surface area contributed by atoms with Gasteiger partial charge in [-0.2, -0.15) is 0 Å². The molecule has 3 rings (SSSR count). The second-order valence-electron chi connectivity index (χ2n) is 14.0. The van der Waals surface area contributed by atoms with E-state index in [-0.39, 0.29) is 37.1 Å². The first kappa shape index (κ1) is 42.6. The quantitative estimate of drug-likeness (QED) is 0.0802. The molecule has 9 N–H and O–H groups in total. The summed E-state index contributed by atoms with van der Waals surface area (Å²) < 4.78 is 0. The topological polar surface area (TPSA) is 218 Å². The minimum atomic E-state index is -1.02. The van der Waals surface area contributed by atoms with Crippen LogP contribution in [0.25, 0.3) is 0 Å². The predicted octanol–water partition coefficient (Wildman–Crippen LogP) is 0.672. The molecule has 0 bridgehead atoms. The molecule has 290 valence electrons. The van der Waals surface area contributed by atoms with Gasteiger partial charge in [-0.1, -0.05) is 74.5 Å². The summed E-state index contributed by atoms with van der Waals surface area (Å²) in [5, 5.41) is 13.8. The highest BCUT2D eigenvalue weighted by Crippen LogP contribution is 2.15. The van der Waals surface area contributed by atoms with Crippen LogP contribution in [0.3, 0.4) is 0 Å². The van der Waals surface area contributed by atoms with E-state index < -0.39 is 53.7 Å². The van der Waals surface area contributed by atoms with Gasteiger partial charge < -0.3 is 43.0 Å². The molecule has 0 aliphatic carbocycles. The molecule has 1 saturated heterocycles. The number of benzene rings is 2. The fourth-order valence-corrected chi connectivity index (χ4v) is 6.25. The number of likely N-dealkylation sites (N-methyl/N-ethyl adjacent to an activating group) is 1. The van der Waals surface area contributed by atoms with Crippen molar-refractivity contribution < 1.29 is 28.8 Å². The van der Waals surface area contributed by atoms with Crippen LogP contribution in [0.5, 0.6) is 0 Å². The van der Waals surface area contributed by atoms with Gasteiger partial charge in [0.1, 0.15) is 18.1 Å². The highest BCUT2D eigenvalue weighted by atomic mass is 16.2. The maximum Gasteiger partial charge on any atom is 0.309 e. The molecule has 1 aliphatic heterocycles. The number of likely N-dealkylation sites (tertiary alicyclic amines) is 1. The maximum absolute atomic E-state index is 13.9. The van der Waals surface area contributed by atoms with Crippen molar-refractivity contribution in [1.82, 2.24) is 31.5 Å². The van der Waals surface area contributed by atoms with Gasteiger partial charge in [0.2, 0.25) is 23.6 Å². The van der Waals surface area contributed by atoms with Gasteiger partial charge in [0.05, 0.1) is 6.04 Å². The Kier molecular flexibility index (Phi) is 17.9. The Hall–Kier alpha value is -4.82. The standard InChI is InChI=1S/C39H58N8O6/c1-4-42-37(51)38(52)43-29-18-21-47(22-19-29)39(53)31(17-11-12-20-40)44-35(49)32(23-26(2)3)46-36(50)33(25-28-15-9-6-10-16-28)45-34(48)30(41)24-27-13-7-5-8-14-27/h5-10,13-16,26,29-33H,4,11-12,17-25,40-41H2,1-3H3,(H,42,51)(H,43,52)(H,44,49)(H,45,48)(H,46,50)/t30-,31-,32-,33-/m1/s1. The Labute approximate surface area is 312 Å². The molecule has 2 aromatic rings. The van der Waals surface area contributed by atoms with E-state index in [1.54, 1.807) is 11.8 Å². The van der Waals surface area contributed by atoms with E-state index in [4.69, 9.17) is 11.5 Å². The van der Waals surface area contributed by atoms with E-state index in [2.05, 4.69) is 26.6 Å². The van der Waals surface area contributed by atoms with Crippen molar-refractivity contribution in [1.29, 1.82) is 0 Å². The number of hydrogen-bond acceptors (Lipinski definition) is 8. The number of carbonyl (C=O) groups is 6. The first-order chi connectivity index (χ1) is 25.4. The van der Waals surface area contributed by atoms with Gasteiger partial charge in [-0.15, -0.1) is 0 Å². The van der Waals surface area contributed by atoms with Crippen LogP contribution in [-0.4, -0.2) is 96.7 Å². The largest absolute Gasteiger partial charge is 0.348 e. The lowest BCUT2D eigenvalue weighted by Crippen LogP contribution is -2.59. The van der Waals surface area contributed by atoms with E-state index in [0.29, 0.717) is 58.3 Å². The Bertz CT molecular complexity index is 1480. The molecule has 0 spiro atoms. The Balaban J connectivity index is 1.72. The first-order valence-corrected chi connectivity index (χ1v) is 18.7. The number of carbonyl (C=O) groups excluding carboxylic acids is 6. The van der Waals surface area contributed by atoms with Gasteiger partial charge in [0.25, 0.3) is 0 Å². The molecule has 0 aromatic heterocycles. The molecule has 1 fully saturated rings. The van der Waals surface area contributed by atoms with Crippen LogP contribution in [0.4, 0.5) is 0 Å². The lowest BCUT2D eigenvalue weighted by molar-refractivity contribution is -0.140. The zero-order valence-corrected chi connectivity index (χ0v) is 31.3. The van der Waals surface area contributed by atoms with Crippen molar-refractivity contribution in [3.63, 3.8) is 0 Å². The van der Waals surface area contributed by atoms with Gasteiger partial charge in [-0.25, -0.2) is 0 Å². The molecule has 0 radical (unpaired) electrons. The van der Waals surface area contributed by atoms with E-state index in [1.807, 2.05) is 74.5 Å². The average Bonchev–Trinajstić information content (AvgIpc) is 3.14. The number of nitrogens with zero attached hydrogens (tertiary/aromatic N) is 1. The van der Waals surface area contributed by atoms with Crippen molar-refractivity contribution in [2.75, 3.05) is 26.2 Å². The molecule has 4 atom stereocenters. The highest BCUT2D eigenvalue weighted by molar-refractivity contribution is 6.35. The second-order valence-corrected chi connectivity index (χ2v) is 14.0. The van der Waals surface area contributed by atoms with E-state index in [9.17, 15) is 28.8 Å². The number of nitrogens with one attached hydrogen (secondary N) is 5. The number of hydrogen-bond donors (Lipinski definition) is 7. The van der Waals surface area contributed by atoms with Gasteiger partial charge >= 0.3 is 11.8 Å². The second kappa shape index (κ2) is 22.3.